The SMILES string of the molecule is CCCCOc1ccc(Nc2cc(N)c3nc(C4CCC(N)CC4)cn3n2)cc1. The maximum atomic E-state index is 6.26. The molecule has 1 aromatic carbocycles. The summed E-state index contributed by atoms with van der Waals surface area (Å²) in [6.07, 6.45) is 8.43. The van der Waals surface area contributed by atoms with Crippen LogP contribution in [0.2, 0.25) is 0 Å². The number of aromatic nitrogens is 3. The molecule has 1 saturated carbocycles. The Balaban J connectivity index is 1.48. The second kappa shape index (κ2) is 8.69. The van der Waals surface area contributed by atoms with Gasteiger partial charge in [-0.25, -0.2) is 9.50 Å². The number of rotatable bonds is 7. The van der Waals surface area contributed by atoms with Crippen molar-refractivity contribution >= 4 is 22.8 Å². The van der Waals surface area contributed by atoms with Crippen LogP contribution in [0.3, 0.4) is 0 Å². The van der Waals surface area contributed by atoms with E-state index >= 15 is 0 Å². The van der Waals surface area contributed by atoms with Gasteiger partial charge in [0, 0.05) is 23.7 Å². The second-order valence-electron chi connectivity index (χ2n) is 7.88. The third-order valence-electron chi connectivity index (χ3n) is 5.56. The Hall–Kier alpha value is -2.80. The fraction of sp³-hybridized carbons (Fsp3) is 0.455. The molecule has 3 aromatic rings. The molecule has 4 rings (SSSR count). The van der Waals surface area contributed by atoms with Gasteiger partial charge in [-0.1, -0.05) is 13.3 Å². The van der Waals surface area contributed by atoms with Crippen LogP contribution < -0.4 is 21.5 Å². The number of nitrogen functional groups attached to an aromatic ring is 1. The molecule has 29 heavy (non-hydrogen) atoms. The number of imidazole rings is 1. The largest absolute Gasteiger partial charge is 0.494 e. The highest BCUT2D eigenvalue weighted by atomic mass is 16.5. The van der Waals surface area contributed by atoms with Crippen LogP contribution in [0.5, 0.6) is 5.75 Å². The van der Waals surface area contributed by atoms with E-state index in [1.807, 2.05) is 36.5 Å². The third-order valence-corrected chi connectivity index (χ3v) is 5.56. The molecule has 7 heteroatoms. The first-order valence-corrected chi connectivity index (χ1v) is 10.5. The molecule has 0 bridgehead atoms. The van der Waals surface area contributed by atoms with E-state index in [1.54, 1.807) is 4.52 Å². The minimum atomic E-state index is 0.325. The molecule has 0 unspecified atom stereocenters. The molecule has 0 atom stereocenters. The van der Waals surface area contributed by atoms with E-state index in [0.717, 1.165) is 62.3 Å². The van der Waals surface area contributed by atoms with Crippen LogP contribution in [0.15, 0.2) is 36.5 Å². The summed E-state index contributed by atoms with van der Waals surface area (Å²) in [5.74, 6) is 2.00. The van der Waals surface area contributed by atoms with Crippen molar-refractivity contribution in [2.24, 2.45) is 5.73 Å². The number of anilines is 3. The van der Waals surface area contributed by atoms with Gasteiger partial charge in [-0.3, -0.25) is 0 Å². The lowest BCUT2D eigenvalue weighted by Gasteiger charge is -2.24. The molecule has 0 radical (unpaired) electrons. The second-order valence-corrected chi connectivity index (χ2v) is 7.88. The van der Waals surface area contributed by atoms with Gasteiger partial charge in [-0.15, -0.1) is 5.10 Å². The van der Waals surface area contributed by atoms with Crippen molar-refractivity contribution in [1.82, 2.24) is 14.6 Å². The number of unbranched alkanes of at least 4 members (excludes halogenated alkanes) is 1. The highest BCUT2D eigenvalue weighted by molar-refractivity contribution is 5.70. The Labute approximate surface area is 171 Å². The van der Waals surface area contributed by atoms with Crippen LogP contribution >= 0.6 is 0 Å². The molecular formula is C22H30N6O. The van der Waals surface area contributed by atoms with Gasteiger partial charge in [0.2, 0.25) is 0 Å². The lowest BCUT2D eigenvalue weighted by molar-refractivity contribution is 0.309. The van der Waals surface area contributed by atoms with Crippen molar-refractivity contribution in [2.75, 3.05) is 17.7 Å². The molecule has 154 valence electrons. The highest BCUT2D eigenvalue weighted by Gasteiger charge is 2.23. The van der Waals surface area contributed by atoms with Crippen LogP contribution in [-0.4, -0.2) is 27.2 Å². The average Bonchev–Trinajstić information content (AvgIpc) is 3.15. The van der Waals surface area contributed by atoms with Gasteiger partial charge in [0.05, 0.1) is 24.2 Å². The van der Waals surface area contributed by atoms with E-state index in [-0.39, 0.29) is 0 Å². The Kier molecular flexibility index (Phi) is 5.85. The zero-order chi connectivity index (χ0) is 20.2. The summed E-state index contributed by atoms with van der Waals surface area (Å²) in [5.41, 5.74) is 15.6. The van der Waals surface area contributed by atoms with Crippen molar-refractivity contribution in [3.05, 3.63) is 42.2 Å². The number of nitrogens with two attached hydrogens (primary N) is 2. The summed E-state index contributed by atoms with van der Waals surface area (Å²) in [5, 5.41) is 7.97. The van der Waals surface area contributed by atoms with Crippen LogP contribution in [-0.2, 0) is 0 Å². The molecule has 7 nitrogen and oxygen atoms in total. The zero-order valence-electron chi connectivity index (χ0n) is 17.0. The van der Waals surface area contributed by atoms with Crippen LogP contribution in [0.25, 0.3) is 5.65 Å². The van der Waals surface area contributed by atoms with Gasteiger partial charge in [0.15, 0.2) is 11.5 Å². The van der Waals surface area contributed by atoms with E-state index in [4.69, 9.17) is 21.2 Å². The average molecular weight is 395 g/mol. The number of benzene rings is 1. The van der Waals surface area contributed by atoms with E-state index < -0.39 is 0 Å². The number of nitrogens with zero attached hydrogens (tertiary/aromatic N) is 3. The Morgan fingerprint density at radius 3 is 2.66 bits per heavy atom. The molecule has 1 aliphatic carbocycles. The minimum absolute atomic E-state index is 0.325. The first-order valence-electron chi connectivity index (χ1n) is 10.5. The van der Waals surface area contributed by atoms with Crippen molar-refractivity contribution in [2.45, 2.75) is 57.4 Å². The molecule has 0 amide bonds. The van der Waals surface area contributed by atoms with Crippen LogP contribution in [0.4, 0.5) is 17.2 Å². The third kappa shape index (κ3) is 4.62. The van der Waals surface area contributed by atoms with Gasteiger partial charge in [-0.05, 0) is 56.4 Å². The Bertz CT molecular complexity index is 944. The molecule has 2 aromatic heterocycles. The van der Waals surface area contributed by atoms with Gasteiger partial charge in [0.25, 0.3) is 0 Å². The number of nitrogens with one attached hydrogen (secondary N) is 1. The van der Waals surface area contributed by atoms with E-state index in [9.17, 15) is 0 Å². The summed E-state index contributed by atoms with van der Waals surface area (Å²) >= 11 is 0. The molecule has 0 spiro atoms. The summed E-state index contributed by atoms with van der Waals surface area (Å²) < 4.78 is 7.49. The normalized spacial score (nSPS) is 19.4. The van der Waals surface area contributed by atoms with Crippen molar-refractivity contribution in [3.63, 3.8) is 0 Å². The smallest absolute Gasteiger partial charge is 0.177 e. The first kappa shape index (κ1) is 19.5. The fourth-order valence-corrected chi connectivity index (χ4v) is 3.81. The summed E-state index contributed by atoms with van der Waals surface area (Å²) in [7, 11) is 0. The predicted octanol–water partition coefficient (Wildman–Crippen LogP) is 4.22. The highest BCUT2D eigenvalue weighted by Crippen LogP contribution is 2.32. The summed E-state index contributed by atoms with van der Waals surface area (Å²) in [6.45, 7) is 2.90. The van der Waals surface area contributed by atoms with Crippen molar-refractivity contribution < 1.29 is 4.74 Å². The summed E-state index contributed by atoms with van der Waals surface area (Å²) in [6, 6.07) is 10.0. The standard InChI is InChI=1S/C22H30N6O/c1-2-3-12-29-18-10-8-17(9-11-18)25-21-13-19(24)22-26-20(14-28(22)27-21)15-4-6-16(23)7-5-15/h8-11,13-16H,2-7,12,23-24H2,1H3,(H,25,27). The number of fused-ring (bicyclic) bond motifs is 1. The summed E-state index contributed by atoms with van der Waals surface area (Å²) in [4.78, 5) is 4.75. The zero-order valence-corrected chi connectivity index (χ0v) is 17.0. The van der Waals surface area contributed by atoms with Crippen molar-refractivity contribution in [1.29, 1.82) is 0 Å². The van der Waals surface area contributed by atoms with Crippen LogP contribution in [0.1, 0.15) is 57.1 Å². The molecule has 1 fully saturated rings. The maximum absolute atomic E-state index is 6.26. The predicted molar refractivity (Wildman–Crippen MR) is 117 cm³/mol. The quantitative estimate of drug-likeness (QED) is 0.518. The molecule has 5 N–H and O–H groups in total. The molecule has 2 heterocycles. The monoisotopic (exact) mass is 394 g/mol. The lowest BCUT2D eigenvalue weighted by Crippen LogP contribution is -2.25. The first-order chi connectivity index (χ1) is 14.1. The van der Waals surface area contributed by atoms with Crippen LogP contribution in [0, 0.1) is 0 Å². The fourth-order valence-electron chi connectivity index (χ4n) is 3.81. The Morgan fingerprint density at radius 2 is 1.93 bits per heavy atom. The minimum Gasteiger partial charge on any atom is -0.494 e. The number of ether oxygens (including phenoxy) is 1. The van der Waals surface area contributed by atoms with Gasteiger partial charge in [0.1, 0.15) is 5.75 Å². The van der Waals surface area contributed by atoms with E-state index in [2.05, 4.69) is 17.3 Å². The van der Waals surface area contributed by atoms with E-state index in [1.165, 1.54) is 0 Å². The molecular weight excluding hydrogens is 364 g/mol. The lowest BCUT2D eigenvalue weighted by atomic mass is 9.85. The van der Waals surface area contributed by atoms with Gasteiger partial charge >= 0.3 is 0 Å². The Morgan fingerprint density at radius 1 is 1.17 bits per heavy atom. The van der Waals surface area contributed by atoms with E-state index in [0.29, 0.717) is 29.1 Å². The molecule has 1 aliphatic rings. The number of hydrogen-bond donors (Lipinski definition) is 3. The van der Waals surface area contributed by atoms with Crippen molar-refractivity contribution in [3.8, 4) is 5.75 Å². The molecule has 0 saturated heterocycles. The topological polar surface area (TPSA) is 103 Å². The van der Waals surface area contributed by atoms with Gasteiger partial charge in [-0.2, -0.15) is 0 Å². The van der Waals surface area contributed by atoms with Gasteiger partial charge < -0.3 is 21.5 Å². The molecule has 0 aliphatic heterocycles. The maximum Gasteiger partial charge on any atom is 0.177 e. The number of hydrogen-bond acceptors (Lipinski definition) is 6.